The van der Waals surface area contributed by atoms with E-state index in [0.717, 1.165) is 0 Å². The van der Waals surface area contributed by atoms with Crippen LogP contribution in [0.1, 0.15) is 13.8 Å². The highest BCUT2D eigenvalue weighted by molar-refractivity contribution is 5.81. The van der Waals surface area contributed by atoms with Crippen molar-refractivity contribution in [2.75, 3.05) is 0 Å². The molecule has 6 nitrogen and oxygen atoms in total. The fourth-order valence-corrected chi connectivity index (χ4v) is 0. The highest BCUT2D eigenvalue weighted by atomic mass is 16.3. The van der Waals surface area contributed by atoms with Crippen LogP contribution in [0.4, 0.5) is 0 Å². The van der Waals surface area contributed by atoms with Crippen molar-refractivity contribution in [2.24, 2.45) is 11.5 Å². The lowest BCUT2D eigenvalue weighted by Crippen LogP contribution is -2.23. The third kappa shape index (κ3) is 11.6. The van der Waals surface area contributed by atoms with Crippen molar-refractivity contribution < 1.29 is 10.2 Å². The summed E-state index contributed by atoms with van der Waals surface area (Å²) in [6.45, 7) is 2.89. The van der Waals surface area contributed by atoms with Crippen molar-refractivity contribution in [3.63, 3.8) is 0 Å². The molecule has 0 radical (unpaired) electrons. The van der Waals surface area contributed by atoms with Gasteiger partial charge >= 0.3 is 0 Å². The van der Waals surface area contributed by atoms with Gasteiger partial charge in [0.1, 0.15) is 23.9 Å². The molecule has 0 bridgehead atoms. The Morgan fingerprint density at radius 1 is 1.00 bits per heavy atom. The molecule has 0 aliphatic carbocycles. The molecule has 0 fully saturated rings. The van der Waals surface area contributed by atoms with E-state index in [1.165, 1.54) is 13.8 Å². The number of hydrogen-bond acceptors (Lipinski definition) is 4. The standard InChI is InChI=1S/2C3H8N2O/c2*1-2(6)3(4)5/h2*2,6H,1H3,(H3,4,5)/t2*2-/m10/s1. The Kier molecular flexibility index (Phi) is 7.36. The van der Waals surface area contributed by atoms with E-state index in [-0.39, 0.29) is 11.7 Å². The zero-order valence-corrected chi connectivity index (χ0v) is 7.20. The number of aliphatic hydroxyl groups excluding tert-OH is 2. The van der Waals surface area contributed by atoms with E-state index in [1.54, 1.807) is 0 Å². The van der Waals surface area contributed by atoms with Gasteiger partial charge in [0, 0.05) is 0 Å². The van der Waals surface area contributed by atoms with Gasteiger partial charge in [-0.15, -0.1) is 0 Å². The van der Waals surface area contributed by atoms with Gasteiger partial charge in [-0.3, -0.25) is 10.8 Å². The second-order valence-electron chi connectivity index (χ2n) is 2.26. The minimum Gasteiger partial charge on any atom is -0.386 e. The average Bonchev–Trinajstić information content (AvgIpc) is 1.88. The molecule has 72 valence electrons. The van der Waals surface area contributed by atoms with Crippen molar-refractivity contribution in [3.8, 4) is 0 Å². The first kappa shape index (κ1) is 13.4. The summed E-state index contributed by atoms with van der Waals surface area (Å²) in [6, 6.07) is 0. The number of rotatable bonds is 2. The van der Waals surface area contributed by atoms with Crippen LogP contribution >= 0.6 is 0 Å². The van der Waals surface area contributed by atoms with Crippen molar-refractivity contribution >= 4 is 11.7 Å². The van der Waals surface area contributed by atoms with Crippen molar-refractivity contribution in [1.29, 1.82) is 10.8 Å². The second-order valence-corrected chi connectivity index (χ2v) is 2.26. The van der Waals surface area contributed by atoms with E-state index in [0.29, 0.717) is 0 Å². The molecule has 0 unspecified atom stereocenters. The van der Waals surface area contributed by atoms with E-state index < -0.39 is 12.2 Å². The zero-order chi connectivity index (χ0) is 10.3. The van der Waals surface area contributed by atoms with E-state index in [1.807, 2.05) is 0 Å². The SMILES string of the molecule is C[C@@H](O)C(=N)N.C[C@H](O)C(=N)N. The number of hydrogen-bond donors (Lipinski definition) is 6. The monoisotopic (exact) mass is 176 g/mol. The second kappa shape index (κ2) is 6.56. The van der Waals surface area contributed by atoms with Gasteiger partial charge in [0.15, 0.2) is 0 Å². The lowest BCUT2D eigenvalue weighted by atomic mass is 10.4. The summed E-state index contributed by atoms with van der Waals surface area (Å²) in [7, 11) is 0. The molecule has 0 saturated carbocycles. The molecule has 0 aromatic rings. The summed E-state index contributed by atoms with van der Waals surface area (Å²) in [5.41, 5.74) is 9.54. The van der Waals surface area contributed by atoms with Gasteiger partial charge in [0.05, 0.1) is 0 Å². The first-order valence-corrected chi connectivity index (χ1v) is 3.33. The fraction of sp³-hybridized carbons (Fsp3) is 0.667. The molecule has 0 heterocycles. The third-order valence-electron chi connectivity index (χ3n) is 0.900. The summed E-state index contributed by atoms with van der Waals surface area (Å²) >= 11 is 0. The molecule has 0 rings (SSSR count). The number of amidine groups is 2. The molecule has 0 aromatic carbocycles. The molecular weight excluding hydrogens is 160 g/mol. The van der Waals surface area contributed by atoms with E-state index in [2.05, 4.69) is 0 Å². The highest BCUT2D eigenvalue weighted by Gasteiger charge is 1.93. The molecule has 0 spiro atoms. The van der Waals surface area contributed by atoms with Crippen LogP contribution in [0.2, 0.25) is 0 Å². The summed E-state index contributed by atoms with van der Waals surface area (Å²) < 4.78 is 0. The Hall–Kier alpha value is -1.14. The van der Waals surface area contributed by atoms with Gasteiger partial charge in [-0.05, 0) is 13.8 Å². The smallest absolute Gasteiger partial charge is 0.120 e. The normalized spacial score (nSPS) is 13.7. The van der Waals surface area contributed by atoms with Crippen molar-refractivity contribution in [1.82, 2.24) is 0 Å². The molecule has 0 aromatic heterocycles. The molecule has 6 heteroatoms. The summed E-state index contributed by atoms with van der Waals surface area (Å²) in [5.74, 6) is -0.370. The van der Waals surface area contributed by atoms with Crippen molar-refractivity contribution in [3.05, 3.63) is 0 Å². The van der Waals surface area contributed by atoms with Crippen LogP contribution in [0, 0.1) is 10.8 Å². The van der Waals surface area contributed by atoms with Crippen LogP contribution in [-0.4, -0.2) is 34.1 Å². The molecule has 0 aliphatic rings. The van der Waals surface area contributed by atoms with Gasteiger partial charge in [0.2, 0.25) is 0 Å². The Balaban J connectivity index is 0. The fourth-order valence-electron chi connectivity index (χ4n) is 0. The van der Waals surface area contributed by atoms with Crippen molar-refractivity contribution in [2.45, 2.75) is 26.1 Å². The Morgan fingerprint density at radius 2 is 1.08 bits per heavy atom. The maximum Gasteiger partial charge on any atom is 0.120 e. The van der Waals surface area contributed by atoms with Crippen LogP contribution in [0.25, 0.3) is 0 Å². The maximum absolute atomic E-state index is 8.28. The van der Waals surface area contributed by atoms with Gasteiger partial charge in [0.25, 0.3) is 0 Å². The predicted octanol–water partition coefficient (Wildman–Crippen LogP) is -1.39. The molecule has 0 amide bonds. The summed E-state index contributed by atoms with van der Waals surface area (Å²) in [6.07, 6.45) is -1.57. The topological polar surface area (TPSA) is 140 Å². The number of nitrogens with two attached hydrogens (primary N) is 2. The van der Waals surface area contributed by atoms with Crippen LogP contribution in [0.5, 0.6) is 0 Å². The van der Waals surface area contributed by atoms with Gasteiger partial charge in [-0.2, -0.15) is 0 Å². The molecular formula is C6H16N4O2. The zero-order valence-electron chi connectivity index (χ0n) is 7.20. The van der Waals surface area contributed by atoms with Crippen LogP contribution in [-0.2, 0) is 0 Å². The largest absolute Gasteiger partial charge is 0.386 e. The van der Waals surface area contributed by atoms with E-state index in [4.69, 9.17) is 32.5 Å². The highest BCUT2D eigenvalue weighted by Crippen LogP contribution is 1.71. The lowest BCUT2D eigenvalue weighted by Gasteiger charge is -1.94. The van der Waals surface area contributed by atoms with E-state index in [9.17, 15) is 0 Å². The summed E-state index contributed by atoms with van der Waals surface area (Å²) in [4.78, 5) is 0. The molecule has 2 atom stereocenters. The molecule has 12 heavy (non-hydrogen) atoms. The van der Waals surface area contributed by atoms with Gasteiger partial charge in [-0.1, -0.05) is 0 Å². The Bertz CT molecular complexity index is 138. The summed E-state index contributed by atoms with van der Waals surface area (Å²) in [5, 5.41) is 29.5. The minimum atomic E-state index is -0.787. The van der Waals surface area contributed by atoms with Crippen LogP contribution in [0.3, 0.4) is 0 Å². The number of aliphatic hydroxyl groups is 2. The Labute approximate surface area is 71.2 Å². The predicted molar refractivity (Wildman–Crippen MR) is 47.2 cm³/mol. The number of nitrogens with one attached hydrogen (secondary N) is 2. The maximum atomic E-state index is 8.28. The first-order valence-electron chi connectivity index (χ1n) is 3.33. The third-order valence-corrected chi connectivity index (χ3v) is 0.900. The molecule has 0 aliphatic heterocycles. The van der Waals surface area contributed by atoms with Crippen LogP contribution in [0.15, 0.2) is 0 Å². The quantitative estimate of drug-likeness (QED) is 0.227. The minimum absolute atomic E-state index is 0.185. The van der Waals surface area contributed by atoms with Crippen LogP contribution < -0.4 is 11.5 Å². The first-order chi connectivity index (χ1) is 5.29. The van der Waals surface area contributed by atoms with Gasteiger partial charge < -0.3 is 21.7 Å². The Morgan fingerprint density at radius 3 is 1.08 bits per heavy atom. The average molecular weight is 176 g/mol. The lowest BCUT2D eigenvalue weighted by molar-refractivity contribution is 0.259. The molecule has 8 N–H and O–H groups in total. The van der Waals surface area contributed by atoms with Gasteiger partial charge in [-0.25, -0.2) is 0 Å². The molecule has 0 saturated heterocycles. The van der Waals surface area contributed by atoms with E-state index >= 15 is 0 Å².